The molecule has 0 aromatic heterocycles. The number of hydrogen-bond acceptors (Lipinski definition) is 4. The van der Waals surface area contributed by atoms with E-state index in [1.165, 1.54) is 7.11 Å². The Morgan fingerprint density at radius 1 is 1.44 bits per heavy atom. The van der Waals surface area contributed by atoms with E-state index >= 15 is 0 Å². The molecule has 0 atom stereocenters. The van der Waals surface area contributed by atoms with Gasteiger partial charge in [0.05, 0.1) is 19.1 Å². The number of esters is 1. The largest absolute Gasteiger partial charge is 0.481 e. The van der Waals surface area contributed by atoms with Gasteiger partial charge in [0.15, 0.2) is 0 Å². The van der Waals surface area contributed by atoms with Crippen molar-refractivity contribution in [2.75, 3.05) is 19.0 Å². The quantitative estimate of drug-likeness (QED) is 0.737. The maximum absolute atomic E-state index is 11.2. The number of ether oxygens (including phenoxy) is 1. The first kappa shape index (κ1) is 12.0. The van der Waals surface area contributed by atoms with Crippen molar-refractivity contribution < 1.29 is 19.4 Å². The molecule has 5 nitrogen and oxygen atoms in total. The molecule has 0 amide bonds. The van der Waals surface area contributed by atoms with E-state index in [1.807, 2.05) is 0 Å². The molecule has 16 heavy (non-hydrogen) atoms. The summed E-state index contributed by atoms with van der Waals surface area (Å²) < 4.78 is 4.57. The Hall–Kier alpha value is -2.04. The number of carboxylic acids is 1. The van der Waals surface area contributed by atoms with E-state index in [-0.39, 0.29) is 6.42 Å². The molecular formula is C11H13NO4. The summed E-state index contributed by atoms with van der Waals surface area (Å²) in [6, 6.07) is 6.71. The van der Waals surface area contributed by atoms with Crippen LogP contribution in [-0.4, -0.2) is 30.7 Å². The van der Waals surface area contributed by atoms with Crippen LogP contribution in [0, 0.1) is 0 Å². The first-order valence-corrected chi connectivity index (χ1v) is 4.77. The van der Waals surface area contributed by atoms with Gasteiger partial charge < -0.3 is 15.2 Å². The number of anilines is 1. The molecule has 0 saturated carbocycles. The van der Waals surface area contributed by atoms with Gasteiger partial charge >= 0.3 is 11.9 Å². The first-order chi connectivity index (χ1) is 7.63. The zero-order valence-electron chi connectivity index (χ0n) is 8.90. The van der Waals surface area contributed by atoms with E-state index in [4.69, 9.17) is 5.11 Å². The fraction of sp³-hybridized carbons (Fsp3) is 0.273. The Bertz CT molecular complexity index is 389. The Labute approximate surface area is 93.0 Å². The van der Waals surface area contributed by atoms with Gasteiger partial charge in [0.25, 0.3) is 0 Å². The third-order valence-corrected chi connectivity index (χ3v) is 1.95. The predicted octanol–water partition coefficient (Wildman–Crippen LogP) is 1.36. The van der Waals surface area contributed by atoms with Gasteiger partial charge in [0.1, 0.15) is 0 Å². The fourth-order valence-corrected chi connectivity index (χ4v) is 1.19. The van der Waals surface area contributed by atoms with Crippen molar-refractivity contribution in [2.45, 2.75) is 6.42 Å². The molecule has 0 fully saturated rings. The van der Waals surface area contributed by atoms with Crippen molar-refractivity contribution in [1.29, 1.82) is 0 Å². The Kier molecular flexibility index (Phi) is 4.32. The third-order valence-electron chi connectivity index (χ3n) is 1.95. The Balaban J connectivity index is 2.60. The summed E-state index contributed by atoms with van der Waals surface area (Å²) in [5, 5.41) is 11.4. The molecule has 1 aromatic rings. The van der Waals surface area contributed by atoms with Gasteiger partial charge in [0, 0.05) is 12.2 Å². The molecule has 1 aromatic carbocycles. The summed E-state index contributed by atoms with van der Waals surface area (Å²) >= 11 is 0. The van der Waals surface area contributed by atoms with Crippen LogP contribution < -0.4 is 5.32 Å². The van der Waals surface area contributed by atoms with Crippen LogP contribution in [0.3, 0.4) is 0 Å². The summed E-state index contributed by atoms with van der Waals surface area (Å²) in [6.45, 7) is 0.319. The molecule has 0 unspecified atom stereocenters. The molecule has 0 aliphatic heterocycles. The average Bonchev–Trinajstić information content (AvgIpc) is 2.28. The molecule has 5 heteroatoms. The Morgan fingerprint density at radius 2 is 2.19 bits per heavy atom. The van der Waals surface area contributed by atoms with Crippen LogP contribution in [0.2, 0.25) is 0 Å². The van der Waals surface area contributed by atoms with Gasteiger partial charge in [-0.15, -0.1) is 0 Å². The van der Waals surface area contributed by atoms with E-state index in [9.17, 15) is 9.59 Å². The van der Waals surface area contributed by atoms with Crippen LogP contribution in [0.25, 0.3) is 0 Å². The summed E-state index contributed by atoms with van der Waals surface area (Å²) in [5.41, 5.74) is 1.13. The molecule has 0 aliphatic carbocycles. The highest BCUT2D eigenvalue weighted by Crippen LogP contribution is 2.11. The third kappa shape index (κ3) is 3.61. The number of aliphatic carboxylic acids is 1. The van der Waals surface area contributed by atoms with Gasteiger partial charge in [-0.3, -0.25) is 4.79 Å². The van der Waals surface area contributed by atoms with Crippen LogP contribution >= 0.6 is 0 Å². The molecule has 0 saturated heterocycles. The van der Waals surface area contributed by atoms with Crippen molar-refractivity contribution >= 4 is 17.6 Å². The van der Waals surface area contributed by atoms with E-state index in [0.29, 0.717) is 17.8 Å². The molecule has 2 N–H and O–H groups in total. The SMILES string of the molecule is COC(=O)c1cccc(NCCC(=O)O)c1. The van der Waals surface area contributed by atoms with E-state index < -0.39 is 11.9 Å². The number of carbonyl (C=O) groups is 2. The van der Waals surface area contributed by atoms with Gasteiger partial charge in [0.2, 0.25) is 0 Å². The van der Waals surface area contributed by atoms with Gasteiger partial charge in [-0.25, -0.2) is 4.79 Å². The molecule has 0 radical (unpaired) electrons. The van der Waals surface area contributed by atoms with Crippen molar-refractivity contribution in [2.24, 2.45) is 0 Å². The molecule has 0 heterocycles. The van der Waals surface area contributed by atoms with Gasteiger partial charge in [-0.1, -0.05) is 6.07 Å². The molecule has 1 rings (SSSR count). The highest BCUT2D eigenvalue weighted by atomic mass is 16.5. The highest BCUT2D eigenvalue weighted by molar-refractivity contribution is 5.90. The van der Waals surface area contributed by atoms with Crippen LogP contribution in [0.5, 0.6) is 0 Å². The molecule has 0 aliphatic rings. The lowest BCUT2D eigenvalue weighted by Gasteiger charge is -2.06. The van der Waals surface area contributed by atoms with E-state index in [0.717, 1.165) is 0 Å². The second-order valence-corrected chi connectivity index (χ2v) is 3.14. The van der Waals surface area contributed by atoms with Crippen LogP contribution in [0.4, 0.5) is 5.69 Å². The lowest BCUT2D eigenvalue weighted by atomic mass is 10.2. The molecule has 0 bridgehead atoms. The summed E-state index contributed by atoms with van der Waals surface area (Å²) in [7, 11) is 1.31. The number of benzene rings is 1. The number of rotatable bonds is 5. The van der Waals surface area contributed by atoms with Crippen molar-refractivity contribution in [3.63, 3.8) is 0 Å². The van der Waals surface area contributed by atoms with E-state index in [2.05, 4.69) is 10.1 Å². The monoisotopic (exact) mass is 223 g/mol. The molecule has 0 spiro atoms. The fourth-order valence-electron chi connectivity index (χ4n) is 1.19. The maximum Gasteiger partial charge on any atom is 0.337 e. The zero-order chi connectivity index (χ0) is 12.0. The average molecular weight is 223 g/mol. The van der Waals surface area contributed by atoms with Gasteiger partial charge in [-0.05, 0) is 18.2 Å². The first-order valence-electron chi connectivity index (χ1n) is 4.77. The molecular weight excluding hydrogens is 210 g/mol. The van der Waals surface area contributed by atoms with Crippen LogP contribution in [0.1, 0.15) is 16.8 Å². The zero-order valence-corrected chi connectivity index (χ0v) is 8.90. The van der Waals surface area contributed by atoms with Gasteiger partial charge in [-0.2, -0.15) is 0 Å². The summed E-state index contributed by atoms with van der Waals surface area (Å²) in [5.74, 6) is -1.28. The summed E-state index contributed by atoms with van der Waals surface area (Å²) in [4.78, 5) is 21.5. The van der Waals surface area contributed by atoms with Crippen molar-refractivity contribution in [3.8, 4) is 0 Å². The Morgan fingerprint density at radius 3 is 2.81 bits per heavy atom. The number of carboxylic acid groups (broad SMARTS) is 1. The standard InChI is InChI=1S/C11H13NO4/c1-16-11(15)8-3-2-4-9(7-8)12-6-5-10(13)14/h2-4,7,12H,5-6H2,1H3,(H,13,14). The minimum absolute atomic E-state index is 0.0302. The number of hydrogen-bond donors (Lipinski definition) is 2. The van der Waals surface area contributed by atoms with Crippen LogP contribution in [-0.2, 0) is 9.53 Å². The van der Waals surface area contributed by atoms with Crippen molar-refractivity contribution in [1.82, 2.24) is 0 Å². The second-order valence-electron chi connectivity index (χ2n) is 3.14. The minimum atomic E-state index is -0.864. The topological polar surface area (TPSA) is 75.6 Å². The summed E-state index contributed by atoms with van der Waals surface area (Å²) in [6.07, 6.45) is 0.0302. The lowest BCUT2D eigenvalue weighted by Crippen LogP contribution is -2.08. The number of nitrogens with one attached hydrogen (secondary N) is 1. The minimum Gasteiger partial charge on any atom is -0.481 e. The number of carbonyl (C=O) groups excluding carboxylic acids is 1. The number of methoxy groups -OCH3 is 1. The van der Waals surface area contributed by atoms with E-state index in [1.54, 1.807) is 24.3 Å². The lowest BCUT2D eigenvalue weighted by molar-refractivity contribution is -0.136. The van der Waals surface area contributed by atoms with Crippen molar-refractivity contribution in [3.05, 3.63) is 29.8 Å². The predicted molar refractivity (Wildman–Crippen MR) is 58.5 cm³/mol. The smallest absolute Gasteiger partial charge is 0.337 e. The van der Waals surface area contributed by atoms with Crippen LogP contribution in [0.15, 0.2) is 24.3 Å². The normalized spacial score (nSPS) is 9.56. The maximum atomic E-state index is 11.2. The highest BCUT2D eigenvalue weighted by Gasteiger charge is 2.05. The molecule has 86 valence electrons. The second kappa shape index (κ2) is 5.75.